The van der Waals surface area contributed by atoms with Gasteiger partial charge >= 0.3 is 0 Å². The van der Waals surface area contributed by atoms with Gasteiger partial charge in [0.25, 0.3) is 0 Å². The fourth-order valence-corrected chi connectivity index (χ4v) is 7.19. The number of fused-ring (bicyclic) bond motifs is 2. The lowest BCUT2D eigenvalue weighted by Crippen LogP contribution is -2.46. The normalized spacial score (nSPS) is 26.5. The third-order valence-electron chi connectivity index (χ3n) is 6.52. The molecule has 2 bridgehead atoms. The Bertz CT molecular complexity index is 991. The van der Waals surface area contributed by atoms with Gasteiger partial charge in [-0.3, -0.25) is 4.21 Å². The van der Waals surface area contributed by atoms with Gasteiger partial charge in [0.1, 0.15) is 5.60 Å². The monoisotopic (exact) mass is 400 g/mol. The second kappa shape index (κ2) is 7.40. The molecule has 0 spiro atoms. The lowest BCUT2D eigenvalue weighted by molar-refractivity contribution is 0.00637. The minimum Gasteiger partial charge on any atom is -0.380 e. The van der Waals surface area contributed by atoms with Crippen molar-refractivity contribution in [2.75, 3.05) is 0 Å². The lowest BCUT2D eigenvalue weighted by Gasteiger charge is -2.42. The number of hydrogen-bond donors (Lipinski definition) is 1. The van der Waals surface area contributed by atoms with Gasteiger partial charge in [0.05, 0.1) is 16.0 Å². The zero-order chi connectivity index (χ0) is 19.8. The molecule has 0 aromatic heterocycles. The van der Waals surface area contributed by atoms with Gasteiger partial charge in [-0.1, -0.05) is 91.0 Å². The minimum absolute atomic E-state index is 0.127. The Morgan fingerprint density at radius 2 is 1.21 bits per heavy atom. The van der Waals surface area contributed by atoms with Gasteiger partial charge in [-0.15, -0.1) is 0 Å². The number of aliphatic hydroxyl groups is 1. The van der Waals surface area contributed by atoms with E-state index in [1.807, 2.05) is 91.0 Å². The van der Waals surface area contributed by atoms with Crippen LogP contribution in [0, 0.1) is 17.8 Å². The van der Waals surface area contributed by atoms with E-state index in [0.29, 0.717) is 0 Å². The topological polar surface area (TPSA) is 37.3 Å². The summed E-state index contributed by atoms with van der Waals surface area (Å²) in [5.41, 5.74) is 0.543. The molecule has 1 N–H and O–H groups in total. The van der Waals surface area contributed by atoms with Gasteiger partial charge in [-0.2, -0.15) is 0 Å². The second-order valence-corrected chi connectivity index (χ2v) is 9.66. The summed E-state index contributed by atoms with van der Waals surface area (Å²) in [6.07, 6.45) is 5.39. The van der Waals surface area contributed by atoms with Crippen LogP contribution in [0.4, 0.5) is 0 Å². The van der Waals surface area contributed by atoms with Crippen LogP contribution < -0.4 is 0 Å². The molecular formula is C26H24O2S. The molecule has 3 heteroatoms. The average Bonchev–Trinajstić information content (AvgIpc) is 3.42. The third kappa shape index (κ3) is 3.00. The van der Waals surface area contributed by atoms with Gasteiger partial charge < -0.3 is 5.11 Å². The molecule has 2 aliphatic rings. The van der Waals surface area contributed by atoms with E-state index >= 15 is 0 Å². The van der Waals surface area contributed by atoms with Crippen LogP contribution in [0.2, 0.25) is 0 Å². The molecule has 0 heterocycles. The first-order chi connectivity index (χ1) is 14.2. The molecule has 2 aliphatic carbocycles. The number of rotatable bonds is 5. The smallest absolute Gasteiger partial charge is 0.119 e. The Morgan fingerprint density at radius 3 is 1.76 bits per heavy atom. The van der Waals surface area contributed by atoms with Gasteiger partial charge in [-0.05, 0) is 41.5 Å². The van der Waals surface area contributed by atoms with Crippen molar-refractivity contribution in [3.63, 3.8) is 0 Å². The molecule has 2 nitrogen and oxygen atoms in total. The SMILES string of the molecule is O=S(c1ccccc1)C1C2C=CC(C2)C1C(O)(c1ccccc1)c1ccccc1. The Kier molecular flexibility index (Phi) is 4.73. The molecule has 3 aromatic rings. The molecule has 0 saturated heterocycles. The first kappa shape index (κ1) is 18.5. The molecule has 1 saturated carbocycles. The van der Waals surface area contributed by atoms with Crippen molar-refractivity contribution in [1.29, 1.82) is 0 Å². The molecule has 1 fully saturated rings. The summed E-state index contributed by atoms with van der Waals surface area (Å²) >= 11 is 0. The van der Waals surface area contributed by atoms with Crippen molar-refractivity contribution in [2.24, 2.45) is 17.8 Å². The highest BCUT2D eigenvalue weighted by Crippen LogP contribution is 2.56. The highest BCUT2D eigenvalue weighted by Gasteiger charge is 2.57. The molecule has 3 aromatic carbocycles. The van der Waals surface area contributed by atoms with Crippen LogP contribution in [0.1, 0.15) is 17.5 Å². The van der Waals surface area contributed by atoms with Gasteiger partial charge in [0.2, 0.25) is 0 Å². The van der Waals surface area contributed by atoms with E-state index < -0.39 is 16.4 Å². The maximum atomic E-state index is 13.7. The highest BCUT2D eigenvalue weighted by molar-refractivity contribution is 7.85. The maximum absolute atomic E-state index is 13.7. The summed E-state index contributed by atoms with van der Waals surface area (Å²) < 4.78 is 13.7. The first-order valence-corrected chi connectivity index (χ1v) is 11.4. The Balaban J connectivity index is 1.67. The fraction of sp³-hybridized carbons (Fsp3) is 0.231. The molecule has 0 amide bonds. The average molecular weight is 401 g/mol. The number of allylic oxidation sites excluding steroid dienone is 2. The summed E-state index contributed by atoms with van der Waals surface area (Å²) in [6.45, 7) is 0. The summed E-state index contributed by atoms with van der Waals surface area (Å²) in [4.78, 5) is 0.840. The van der Waals surface area contributed by atoms with Crippen molar-refractivity contribution in [3.05, 3.63) is 114 Å². The summed E-state index contributed by atoms with van der Waals surface area (Å²) in [5, 5.41) is 12.2. The predicted molar refractivity (Wildman–Crippen MR) is 117 cm³/mol. The van der Waals surface area contributed by atoms with Gasteiger partial charge in [0, 0.05) is 10.8 Å². The lowest BCUT2D eigenvalue weighted by atomic mass is 9.70. The molecule has 146 valence electrons. The zero-order valence-corrected chi connectivity index (χ0v) is 16.9. The highest BCUT2D eigenvalue weighted by atomic mass is 32.2. The maximum Gasteiger partial charge on any atom is 0.119 e. The van der Waals surface area contributed by atoms with Crippen LogP contribution in [0.15, 0.2) is 108 Å². The van der Waals surface area contributed by atoms with Crippen LogP contribution in [0.5, 0.6) is 0 Å². The molecule has 5 rings (SSSR count). The zero-order valence-electron chi connectivity index (χ0n) is 16.1. The minimum atomic E-state index is -1.19. The van der Waals surface area contributed by atoms with Crippen molar-refractivity contribution in [2.45, 2.75) is 22.2 Å². The van der Waals surface area contributed by atoms with Crippen LogP contribution in [-0.4, -0.2) is 14.6 Å². The molecular weight excluding hydrogens is 376 g/mol. The fourth-order valence-electron chi connectivity index (χ4n) is 5.26. The quantitative estimate of drug-likeness (QED) is 0.617. The van der Waals surface area contributed by atoms with Crippen molar-refractivity contribution in [1.82, 2.24) is 0 Å². The van der Waals surface area contributed by atoms with Crippen molar-refractivity contribution in [3.8, 4) is 0 Å². The van der Waals surface area contributed by atoms with E-state index in [-0.39, 0.29) is 23.0 Å². The van der Waals surface area contributed by atoms with E-state index in [1.165, 1.54) is 0 Å². The van der Waals surface area contributed by atoms with Crippen LogP contribution in [-0.2, 0) is 16.4 Å². The second-order valence-electron chi connectivity index (χ2n) is 8.05. The summed E-state index contributed by atoms with van der Waals surface area (Å²) in [7, 11) is -1.19. The number of benzene rings is 3. The van der Waals surface area contributed by atoms with E-state index in [9.17, 15) is 9.32 Å². The molecule has 5 unspecified atom stereocenters. The van der Waals surface area contributed by atoms with E-state index in [1.54, 1.807) is 0 Å². The van der Waals surface area contributed by atoms with Crippen LogP contribution in [0.25, 0.3) is 0 Å². The Hall–Kier alpha value is -2.49. The van der Waals surface area contributed by atoms with Gasteiger partial charge in [-0.25, -0.2) is 0 Å². The molecule has 29 heavy (non-hydrogen) atoms. The van der Waals surface area contributed by atoms with Gasteiger partial charge in [0.15, 0.2) is 0 Å². The van der Waals surface area contributed by atoms with Crippen molar-refractivity contribution >= 4 is 10.8 Å². The Morgan fingerprint density at radius 1 is 0.724 bits per heavy atom. The molecule has 5 atom stereocenters. The predicted octanol–water partition coefficient (Wildman–Crippen LogP) is 4.92. The molecule has 0 aliphatic heterocycles. The summed E-state index contributed by atoms with van der Waals surface area (Å²) in [5.74, 6) is 0.288. The van der Waals surface area contributed by atoms with E-state index in [4.69, 9.17) is 0 Å². The standard InChI is InChI=1S/C26H24O2S/c27-26(21-10-4-1-5-11-21,22-12-6-2-7-13-22)24-19-16-17-20(18-19)25(24)29(28)23-14-8-3-9-15-23/h1-17,19-20,24-25,27H,18H2. The van der Waals surface area contributed by atoms with Crippen LogP contribution >= 0.6 is 0 Å². The van der Waals surface area contributed by atoms with E-state index in [0.717, 1.165) is 22.4 Å². The van der Waals surface area contributed by atoms with Crippen molar-refractivity contribution < 1.29 is 9.32 Å². The van der Waals surface area contributed by atoms with Crippen LogP contribution in [0.3, 0.4) is 0 Å². The first-order valence-electron chi connectivity index (χ1n) is 10.2. The number of hydrogen-bond acceptors (Lipinski definition) is 2. The summed E-state index contributed by atoms with van der Waals surface area (Å²) in [6, 6.07) is 29.5. The largest absolute Gasteiger partial charge is 0.380 e. The van der Waals surface area contributed by atoms with E-state index in [2.05, 4.69) is 12.2 Å². The third-order valence-corrected chi connectivity index (χ3v) is 8.39. The molecule has 0 radical (unpaired) electrons. The Labute approximate surface area is 174 Å².